The maximum absolute atomic E-state index is 5.55. The Balaban J connectivity index is 1.98. The molecule has 0 spiro atoms. The number of benzene rings is 1. The molecule has 1 aromatic rings. The van der Waals surface area contributed by atoms with Gasteiger partial charge in [0.2, 0.25) is 0 Å². The summed E-state index contributed by atoms with van der Waals surface area (Å²) in [6.45, 7) is 4.91. The normalized spacial score (nSPS) is 17.1. The van der Waals surface area contributed by atoms with E-state index in [2.05, 4.69) is 23.3 Å². The second-order valence-electron chi connectivity index (χ2n) is 3.54. The van der Waals surface area contributed by atoms with Crippen LogP contribution >= 0.6 is 12.2 Å². The first kappa shape index (κ1) is 11.0. The van der Waals surface area contributed by atoms with Crippen molar-refractivity contribution >= 4 is 17.3 Å². The van der Waals surface area contributed by atoms with Crippen LogP contribution in [0.4, 0.5) is 0 Å². The van der Waals surface area contributed by atoms with Gasteiger partial charge in [0.1, 0.15) is 12.4 Å². The topological polar surface area (TPSA) is 33.3 Å². The summed E-state index contributed by atoms with van der Waals surface area (Å²) in [5.74, 6) is 0.937. The van der Waals surface area contributed by atoms with Crippen LogP contribution in [-0.4, -0.2) is 18.3 Å². The summed E-state index contributed by atoms with van der Waals surface area (Å²) in [5, 5.41) is 6.88. The molecule has 1 atom stereocenters. The van der Waals surface area contributed by atoms with Gasteiger partial charge in [0.25, 0.3) is 0 Å². The quantitative estimate of drug-likeness (QED) is 0.617. The third kappa shape index (κ3) is 2.33. The van der Waals surface area contributed by atoms with Gasteiger partial charge in [-0.2, -0.15) is 0 Å². The van der Waals surface area contributed by atoms with Crippen LogP contribution < -0.4 is 15.4 Å². The van der Waals surface area contributed by atoms with Crippen LogP contribution in [0.3, 0.4) is 0 Å². The molecule has 16 heavy (non-hydrogen) atoms. The fraction of sp³-hybridized carbons (Fsp3) is 0.250. The van der Waals surface area contributed by atoms with E-state index in [9.17, 15) is 0 Å². The standard InChI is InChI=1S/C12H14N2OS/c1-2-7-13-12(16)14-10-8-15-11-6-4-3-5-9(10)11/h2-6,10H,1,7-8H2,(H2,13,14,16)/t10-/m1/s1. The van der Waals surface area contributed by atoms with Gasteiger partial charge in [0.05, 0.1) is 6.04 Å². The number of thiocarbonyl (C=S) groups is 1. The molecule has 0 aromatic heterocycles. The summed E-state index contributed by atoms with van der Waals surface area (Å²) >= 11 is 5.16. The van der Waals surface area contributed by atoms with E-state index >= 15 is 0 Å². The van der Waals surface area contributed by atoms with Gasteiger partial charge in [-0.3, -0.25) is 0 Å². The smallest absolute Gasteiger partial charge is 0.167 e. The van der Waals surface area contributed by atoms with Crippen LogP contribution in [0.5, 0.6) is 5.75 Å². The monoisotopic (exact) mass is 234 g/mol. The Morgan fingerprint density at radius 3 is 3.19 bits per heavy atom. The number of nitrogens with one attached hydrogen (secondary N) is 2. The summed E-state index contributed by atoms with van der Waals surface area (Å²) < 4.78 is 5.55. The van der Waals surface area contributed by atoms with Crippen LogP contribution in [0.1, 0.15) is 11.6 Å². The van der Waals surface area contributed by atoms with E-state index in [1.165, 1.54) is 0 Å². The van der Waals surface area contributed by atoms with Crippen molar-refractivity contribution in [3.8, 4) is 5.75 Å². The van der Waals surface area contributed by atoms with Crippen LogP contribution in [-0.2, 0) is 0 Å². The van der Waals surface area contributed by atoms with Gasteiger partial charge in [-0.1, -0.05) is 24.3 Å². The molecule has 0 saturated heterocycles. The average Bonchev–Trinajstić information content (AvgIpc) is 2.70. The lowest BCUT2D eigenvalue weighted by atomic mass is 10.1. The molecule has 0 fully saturated rings. The maximum Gasteiger partial charge on any atom is 0.167 e. The highest BCUT2D eigenvalue weighted by Crippen LogP contribution is 2.31. The van der Waals surface area contributed by atoms with Crippen molar-refractivity contribution in [2.24, 2.45) is 0 Å². The Bertz CT molecular complexity index is 406. The highest BCUT2D eigenvalue weighted by atomic mass is 32.1. The average molecular weight is 234 g/mol. The summed E-state index contributed by atoms with van der Waals surface area (Å²) in [4.78, 5) is 0. The number of fused-ring (bicyclic) bond motifs is 1. The molecule has 2 rings (SSSR count). The Labute approximate surface area is 100 Å². The number of hydrogen-bond acceptors (Lipinski definition) is 2. The molecule has 1 aromatic carbocycles. The molecule has 2 N–H and O–H groups in total. The van der Waals surface area contributed by atoms with Crippen molar-refractivity contribution in [3.63, 3.8) is 0 Å². The highest BCUT2D eigenvalue weighted by molar-refractivity contribution is 7.80. The SMILES string of the molecule is C=CCNC(=S)N[C@@H]1COc2ccccc21. The Morgan fingerprint density at radius 2 is 2.38 bits per heavy atom. The second-order valence-corrected chi connectivity index (χ2v) is 3.95. The summed E-state index contributed by atoms with van der Waals surface area (Å²) in [6, 6.07) is 8.13. The molecular weight excluding hydrogens is 220 g/mol. The van der Waals surface area contributed by atoms with Gasteiger partial charge < -0.3 is 15.4 Å². The van der Waals surface area contributed by atoms with Gasteiger partial charge >= 0.3 is 0 Å². The molecule has 0 radical (unpaired) electrons. The molecule has 0 saturated carbocycles. The van der Waals surface area contributed by atoms with Gasteiger partial charge in [-0.05, 0) is 18.3 Å². The molecule has 1 heterocycles. The second kappa shape index (κ2) is 4.99. The van der Waals surface area contributed by atoms with Crippen molar-refractivity contribution in [3.05, 3.63) is 42.5 Å². The van der Waals surface area contributed by atoms with Crippen molar-refractivity contribution in [2.75, 3.05) is 13.2 Å². The van der Waals surface area contributed by atoms with E-state index in [1.807, 2.05) is 18.2 Å². The number of para-hydroxylation sites is 1. The van der Waals surface area contributed by atoms with Crippen molar-refractivity contribution in [1.29, 1.82) is 0 Å². The predicted octanol–water partition coefficient (Wildman–Crippen LogP) is 1.77. The van der Waals surface area contributed by atoms with Crippen molar-refractivity contribution in [2.45, 2.75) is 6.04 Å². The van der Waals surface area contributed by atoms with Gasteiger partial charge in [-0.15, -0.1) is 6.58 Å². The van der Waals surface area contributed by atoms with E-state index < -0.39 is 0 Å². The van der Waals surface area contributed by atoms with E-state index in [4.69, 9.17) is 17.0 Å². The summed E-state index contributed by atoms with van der Waals surface area (Å²) in [7, 11) is 0. The van der Waals surface area contributed by atoms with Crippen LogP contribution in [0.15, 0.2) is 36.9 Å². The molecule has 0 aliphatic carbocycles. The molecule has 4 heteroatoms. The molecule has 84 valence electrons. The first-order chi connectivity index (χ1) is 7.81. The van der Waals surface area contributed by atoms with Crippen molar-refractivity contribution in [1.82, 2.24) is 10.6 Å². The third-order valence-corrected chi connectivity index (χ3v) is 2.67. The summed E-state index contributed by atoms with van der Waals surface area (Å²) in [5.41, 5.74) is 1.16. The fourth-order valence-electron chi connectivity index (χ4n) is 1.66. The largest absolute Gasteiger partial charge is 0.491 e. The molecule has 3 nitrogen and oxygen atoms in total. The highest BCUT2D eigenvalue weighted by Gasteiger charge is 2.23. The number of ether oxygens (including phenoxy) is 1. The first-order valence-electron chi connectivity index (χ1n) is 5.18. The van der Waals surface area contributed by atoms with Gasteiger partial charge in [0, 0.05) is 12.1 Å². The molecule has 0 bridgehead atoms. The van der Waals surface area contributed by atoms with Crippen LogP contribution in [0, 0.1) is 0 Å². The maximum atomic E-state index is 5.55. The summed E-state index contributed by atoms with van der Waals surface area (Å²) in [6.07, 6.45) is 1.77. The zero-order valence-electron chi connectivity index (χ0n) is 8.90. The molecule has 1 aliphatic heterocycles. The van der Waals surface area contributed by atoms with Gasteiger partial charge in [-0.25, -0.2) is 0 Å². The van der Waals surface area contributed by atoms with E-state index in [1.54, 1.807) is 6.08 Å². The Kier molecular flexibility index (Phi) is 3.41. The molecule has 0 unspecified atom stereocenters. The minimum Gasteiger partial charge on any atom is -0.491 e. The van der Waals surface area contributed by atoms with Crippen LogP contribution in [0.25, 0.3) is 0 Å². The number of rotatable bonds is 3. The van der Waals surface area contributed by atoms with Crippen LogP contribution in [0.2, 0.25) is 0 Å². The van der Waals surface area contributed by atoms with Crippen molar-refractivity contribution < 1.29 is 4.74 Å². The Hall–Kier alpha value is -1.55. The first-order valence-corrected chi connectivity index (χ1v) is 5.59. The molecule has 1 aliphatic rings. The fourth-order valence-corrected chi connectivity index (χ4v) is 1.88. The zero-order chi connectivity index (χ0) is 11.4. The van der Waals surface area contributed by atoms with E-state index in [-0.39, 0.29) is 6.04 Å². The molecule has 0 amide bonds. The Morgan fingerprint density at radius 1 is 1.56 bits per heavy atom. The lowest BCUT2D eigenvalue weighted by Gasteiger charge is -2.14. The lowest BCUT2D eigenvalue weighted by molar-refractivity contribution is 0.324. The van der Waals surface area contributed by atoms with E-state index in [0.717, 1.165) is 11.3 Å². The zero-order valence-corrected chi connectivity index (χ0v) is 9.72. The minimum absolute atomic E-state index is 0.140. The minimum atomic E-state index is 0.140. The predicted molar refractivity (Wildman–Crippen MR) is 68.6 cm³/mol. The molecular formula is C12H14N2OS. The third-order valence-electron chi connectivity index (χ3n) is 2.41. The van der Waals surface area contributed by atoms with E-state index in [0.29, 0.717) is 18.3 Å². The van der Waals surface area contributed by atoms with Gasteiger partial charge in [0.15, 0.2) is 5.11 Å². The number of hydrogen-bond donors (Lipinski definition) is 2. The lowest BCUT2D eigenvalue weighted by Crippen LogP contribution is -2.38.